The van der Waals surface area contributed by atoms with Crippen molar-refractivity contribution >= 4 is 11.8 Å². The number of benzene rings is 2. The fourth-order valence-corrected chi connectivity index (χ4v) is 2.66. The highest BCUT2D eigenvalue weighted by atomic mass is 17.1. The molecule has 106 valence electrons. The van der Waals surface area contributed by atoms with Crippen molar-refractivity contribution in [1.82, 2.24) is 0 Å². The molecule has 0 amide bonds. The van der Waals surface area contributed by atoms with E-state index >= 15 is 0 Å². The second-order valence-corrected chi connectivity index (χ2v) is 4.72. The molecule has 0 radical (unpaired) electrons. The minimum Gasteiger partial charge on any atom is -0.421 e. The molecule has 21 heavy (non-hydrogen) atoms. The van der Waals surface area contributed by atoms with Crippen molar-refractivity contribution in [3.63, 3.8) is 0 Å². The van der Waals surface area contributed by atoms with Gasteiger partial charge in [0.25, 0.3) is 5.79 Å². The maximum atomic E-state index is 12.5. The highest BCUT2D eigenvalue weighted by Gasteiger charge is 2.48. The van der Waals surface area contributed by atoms with Crippen LogP contribution in [0.25, 0.3) is 0 Å². The van der Waals surface area contributed by atoms with Crippen LogP contribution in [-0.4, -0.2) is 17.0 Å². The van der Waals surface area contributed by atoms with Crippen molar-refractivity contribution in [2.24, 2.45) is 0 Å². The van der Waals surface area contributed by atoms with Gasteiger partial charge in [0.15, 0.2) is 5.78 Å². The van der Waals surface area contributed by atoms with Gasteiger partial charge < -0.3 is 4.74 Å². The monoisotopic (exact) mass is 284 g/mol. The number of ether oxygens (including phenoxy) is 1. The van der Waals surface area contributed by atoms with Gasteiger partial charge in [0.05, 0.1) is 0 Å². The molecule has 0 atom stereocenters. The van der Waals surface area contributed by atoms with E-state index in [4.69, 9.17) is 4.74 Å². The van der Waals surface area contributed by atoms with Crippen LogP contribution in [0.4, 0.5) is 0 Å². The molecule has 0 unspecified atom stereocenters. The van der Waals surface area contributed by atoms with Crippen molar-refractivity contribution in [3.8, 4) is 0 Å². The number of esters is 1. The van der Waals surface area contributed by atoms with Crippen molar-refractivity contribution < 1.29 is 24.5 Å². The van der Waals surface area contributed by atoms with Gasteiger partial charge in [-0.2, -0.15) is 4.89 Å². The first-order chi connectivity index (χ1) is 10.1. The highest BCUT2D eigenvalue weighted by molar-refractivity contribution is 6.13. The molecule has 2 aromatic carbocycles. The third kappa shape index (κ3) is 1.86. The molecule has 0 saturated heterocycles. The van der Waals surface area contributed by atoms with Gasteiger partial charge in [0.2, 0.25) is 0 Å². The Morgan fingerprint density at radius 1 is 1.00 bits per heavy atom. The molecule has 0 saturated carbocycles. The van der Waals surface area contributed by atoms with Crippen LogP contribution >= 0.6 is 0 Å². The Labute approximate surface area is 120 Å². The Morgan fingerprint density at radius 2 is 1.48 bits per heavy atom. The maximum absolute atomic E-state index is 12.5. The lowest BCUT2D eigenvalue weighted by atomic mass is 9.80. The average molecular weight is 284 g/mol. The van der Waals surface area contributed by atoms with Gasteiger partial charge in [-0.05, 0) is 0 Å². The number of carbonyl (C=O) groups excluding carboxylic acids is 2. The predicted octanol–water partition coefficient (Wildman–Crippen LogP) is 2.48. The van der Waals surface area contributed by atoms with Crippen molar-refractivity contribution in [2.45, 2.75) is 12.7 Å². The molecule has 1 N–H and O–H groups in total. The summed E-state index contributed by atoms with van der Waals surface area (Å²) in [4.78, 5) is 28.6. The van der Waals surface area contributed by atoms with Gasteiger partial charge in [-0.3, -0.25) is 9.59 Å². The number of ketones is 1. The van der Waals surface area contributed by atoms with E-state index in [1.54, 1.807) is 48.5 Å². The quantitative estimate of drug-likeness (QED) is 0.397. The van der Waals surface area contributed by atoms with Crippen molar-refractivity contribution in [1.29, 1.82) is 0 Å². The average Bonchev–Trinajstić information content (AvgIpc) is 2.51. The molecule has 2 aromatic rings. The van der Waals surface area contributed by atoms with Crippen LogP contribution in [-0.2, 0) is 20.2 Å². The number of hydrogen-bond donors (Lipinski definition) is 1. The second-order valence-electron chi connectivity index (χ2n) is 4.72. The van der Waals surface area contributed by atoms with Gasteiger partial charge in [-0.25, -0.2) is 5.26 Å². The van der Waals surface area contributed by atoms with Crippen LogP contribution in [0.3, 0.4) is 0 Å². The zero-order valence-electron chi connectivity index (χ0n) is 11.2. The smallest absolute Gasteiger partial charge is 0.305 e. The SMILES string of the molecule is CC(=O)OC1(OO)c2ccccc2C(=O)c2ccccc21. The molecule has 0 aliphatic heterocycles. The third-order valence-corrected chi connectivity index (χ3v) is 3.47. The summed E-state index contributed by atoms with van der Waals surface area (Å²) in [6, 6.07) is 13.1. The van der Waals surface area contributed by atoms with Gasteiger partial charge in [0, 0.05) is 29.2 Å². The number of carbonyl (C=O) groups is 2. The van der Waals surface area contributed by atoms with Gasteiger partial charge in [-0.1, -0.05) is 48.5 Å². The van der Waals surface area contributed by atoms with Crippen LogP contribution in [0.5, 0.6) is 0 Å². The summed E-state index contributed by atoms with van der Waals surface area (Å²) in [5.41, 5.74) is 1.25. The summed E-state index contributed by atoms with van der Waals surface area (Å²) in [7, 11) is 0. The van der Waals surface area contributed by atoms with Crippen LogP contribution < -0.4 is 0 Å². The normalized spacial score (nSPS) is 15.0. The first-order valence-corrected chi connectivity index (χ1v) is 6.36. The Balaban J connectivity index is 2.36. The molecule has 0 heterocycles. The molecule has 3 rings (SSSR count). The summed E-state index contributed by atoms with van der Waals surface area (Å²) in [6.45, 7) is 1.21. The Morgan fingerprint density at radius 3 is 1.90 bits per heavy atom. The number of hydrogen-bond acceptors (Lipinski definition) is 5. The lowest BCUT2D eigenvalue weighted by Crippen LogP contribution is -2.41. The Bertz CT molecular complexity index is 685. The standard InChI is InChI=1S/C16H12O5/c1-10(17)20-16(21-19)13-8-4-2-6-11(13)15(18)12-7-3-5-9-14(12)16/h2-9,19H,1H3. The first-order valence-electron chi connectivity index (χ1n) is 6.36. The third-order valence-electron chi connectivity index (χ3n) is 3.47. The predicted molar refractivity (Wildman–Crippen MR) is 72.6 cm³/mol. The molecule has 0 aromatic heterocycles. The highest BCUT2D eigenvalue weighted by Crippen LogP contribution is 2.43. The van der Waals surface area contributed by atoms with Gasteiger partial charge in [-0.15, -0.1) is 0 Å². The minimum absolute atomic E-state index is 0.207. The topological polar surface area (TPSA) is 72.8 Å². The van der Waals surface area contributed by atoms with Crippen molar-refractivity contribution in [3.05, 3.63) is 70.8 Å². The molecule has 5 nitrogen and oxygen atoms in total. The molecular weight excluding hydrogens is 272 g/mol. The van der Waals surface area contributed by atoms with E-state index < -0.39 is 11.8 Å². The molecule has 5 heteroatoms. The minimum atomic E-state index is -1.83. The molecule has 0 fully saturated rings. The summed E-state index contributed by atoms with van der Waals surface area (Å²) in [5.74, 6) is -2.67. The molecule has 0 bridgehead atoms. The van der Waals surface area contributed by atoms with E-state index in [1.165, 1.54) is 6.92 Å². The number of rotatable bonds is 2. The van der Waals surface area contributed by atoms with E-state index in [2.05, 4.69) is 4.89 Å². The zero-order valence-corrected chi connectivity index (χ0v) is 11.2. The van der Waals surface area contributed by atoms with Crippen LogP contribution in [0, 0.1) is 0 Å². The van der Waals surface area contributed by atoms with Gasteiger partial charge >= 0.3 is 5.97 Å². The Hall–Kier alpha value is -2.50. The van der Waals surface area contributed by atoms with E-state index in [9.17, 15) is 14.8 Å². The first kappa shape index (κ1) is 13.5. The Kier molecular flexibility index (Phi) is 3.08. The van der Waals surface area contributed by atoms with Crippen LogP contribution in [0.15, 0.2) is 48.5 Å². The molecule has 1 aliphatic carbocycles. The summed E-state index contributed by atoms with van der Waals surface area (Å²) in [5, 5.41) is 9.48. The summed E-state index contributed by atoms with van der Waals surface area (Å²) in [6.07, 6.45) is 0. The van der Waals surface area contributed by atoms with Crippen LogP contribution in [0.1, 0.15) is 34.0 Å². The van der Waals surface area contributed by atoms with Gasteiger partial charge in [0.1, 0.15) is 0 Å². The lowest BCUT2D eigenvalue weighted by Gasteiger charge is -2.35. The zero-order chi connectivity index (χ0) is 15.0. The van der Waals surface area contributed by atoms with E-state index in [-0.39, 0.29) is 5.78 Å². The summed E-state index contributed by atoms with van der Waals surface area (Å²) >= 11 is 0. The van der Waals surface area contributed by atoms with Crippen LogP contribution in [0.2, 0.25) is 0 Å². The molecule has 0 spiro atoms. The molecule has 1 aliphatic rings. The van der Waals surface area contributed by atoms with Crippen molar-refractivity contribution in [2.75, 3.05) is 0 Å². The maximum Gasteiger partial charge on any atom is 0.305 e. The second kappa shape index (κ2) is 4.80. The van der Waals surface area contributed by atoms with E-state index in [0.29, 0.717) is 22.3 Å². The lowest BCUT2D eigenvalue weighted by molar-refractivity contribution is -0.384. The molecular formula is C16H12O5. The fraction of sp³-hybridized carbons (Fsp3) is 0.125. The largest absolute Gasteiger partial charge is 0.421 e. The van der Waals surface area contributed by atoms with E-state index in [0.717, 1.165) is 0 Å². The summed E-state index contributed by atoms with van der Waals surface area (Å²) < 4.78 is 5.27. The fourth-order valence-electron chi connectivity index (χ4n) is 2.66. The van der Waals surface area contributed by atoms with E-state index in [1.807, 2.05) is 0 Å². The number of fused-ring (bicyclic) bond motifs is 2.